The summed E-state index contributed by atoms with van der Waals surface area (Å²) in [6.07, 6.45) is -0.831. The third-order valence-corrected chi connectivity index (χ3v) is 3.37. The van der Waals surface area contributed by atoms with E-state index in [0.717, 1.165) is 25.3 Å². The van der Waals surface area contributed by atoms with Crippen molar-refractivity contribution in [2.24, 2.45) is 5.73 Å². The largest absolute Gasteiger partial charge is 0.435 e. The maximum Gasteiger partial charge on any atom is 0.435 e. The molecule has 1 aliphatic rings. The Morgan fingerprint density at radius 2 is 2.12 bits per heavy atom. The number of H-pyrrole nitrogens is 1. The van der Waals surface area contributed by atoms with Crippen molar-refractivity contribution in [2.75, 3.05) is 6.54 Å². The van der Waals surface area contributed by atoms with Gasteiger partial charge in [-0.3, -0.25) is 5.10 Å². The fourth-order valence-corrected chi connectivity index (χ4v) is 2.27. The van der Waals surface area contributed by atoms with Gasteiger partial charge in [0, 0.05) is 11.1 Å². The summed E-state index contributed by atoms with van der Waals surface area (Å²) in [6.45, 7) is 0.486. The van der Waals surface area contributed by atoms with Crippen molar-refractivity contribution in [1.29, 1.82) is 0 Å². The smallest absolute Gasteiger partial charge is 0.330 e. The molecule has 1 saturated carbocycles. The highest BCUT2D eigenvalue weighted by atomic mass is 19.4. The molecule has 3 N–H and O–H groups in total. The molecule has 1 aromatic rings. The van der Waals surface area contributed by atoms with Gasteiger partial charge < -0.3 is 5.73 Å². The SMILES string of the molecule is NCCC1(c2cc(C(F)(F)F)n[nH]2)CCC1. The van der Waals surface area contributed by atoms with E-state index in [-0.39, 0.29) is 5.41 Å². The quantitative estimate of drug-likeness (QED) is 0.840. The Labute approximate surface area is 91.2 Å². The molecule has 16 heavy (non-hydrogen) atoms. The van der Waals surface area contributed by atoms with Crippen LogP contribution in [0.2, 0.25) is 0 Å². The van der Waals surface area contributed by atoms with E-state index in [1.54, 1.807) is 0 Å². The standard InChI is InChI=1S/C10H14F3N3/c11-10(12,13)8-6-7(15-16-8)9(4-5-14)2-1-3-9/h6H,1-5,14H2,(H,15,16). The molecule has 1 aliphatic carbocycles. The number of halogens is 3. The first-order chi connectivity index (χ1) is 7.48. The van der Waals surface area contributed by atoms with Gasteiger partial charge in [0.25, 0.3) is 0 Å². The van der Waals surface area contributed by atoms with Gasteiger partial charge in [-0.1, -0.05) is 6.42 Å². The summed E-state index contributed by atoms with van der Waals surface area (Å²) >= 11 is 0. The lowest BCUT2D eigenvalue weighted by molar-refractivity contribution is -0.141. The fraction of sp³-hybridized carbons (Fsp3) is 0.700. The first-order valence-electron chi connectivity index (χ1n) is 5.31. The molecule has 0 atom stereocenters. The van der Waals surface area contributed by atoms with Crippen LogP contribution in [-0.2, 0) is 11.6 Å². The minimum atomic E-state index is -4.37. The van der Waals surface area contributed by atoms with Crippen LogP contribution in [-0.4, -0.2) is 16.7 Å². The number of aromatic amines is 1. The van der Waals surface area contributed by atoms with Crippen LogP contribution in [0.15, 0.2) is 6.07 Å². The molecule has 0 saturated heterocycles. The monoisotopic (exact) mass is 233 g/mol. The van der Waals surface area contributed by atoms with E-state index in [4.69, 9.17) is 5.73 Å². The van der Waals surface area contributed by atoms with Gasteiger partial charge in [0.1, 0.15) is 0 Å². The van der Waals surface area contributed by atoms with Crippen LogP contribution in [0, 0.1) is 0 Å². The van der Waals surface area contributed by atoms with E-state index < -0.39 is 11.9 Å². The summed E-state index contributed by atoms with van der Waals surface area (Å²) in [6, 6.07) is 1.12. The zero-order valence-corrected chi connectivity index (χ0v) is 8.77. The van der Waals surface area contributed by atoms with Crippen LogP contribution >= 0.6 is 0 Å². The summed E-state index contributed by atoms with van der Waals surface area (Å²) in [7, 11) is 0. The average molecular weight is 233 g/mol. The molecule has 6 heteroatoms. The van der Waals surface area contributed by atoms with Gasteiger partial charge in [0.2, 0.25) is 0 Å². The van der Waals surface area contributed by atoms with Crippen molar-refractivity contribution in [3.8, 4) is 0 Å². The topological polar surface area (TPSA) is 54.7 Å². The predicted octanol–water partition coefficient (Wildman–Crippen LogP) is 2.20. The second kappa shape index (κ2) is 3.76. The Bertz CT molecular complexity index is 366. The Kier molecular flexibility index (Phi) is 2.69. The summed E-state index contributed by atoms with van der Waals surface area (Å²) in [5.41, 5.74) is 5.05. The molecule has 0 radical (unpaired) electrons. The van der Waals surface area contributed by atoms with E-state index in [1.807, 2.05) is 0 Å². The number of hydrogen-bond donors (Lipinski definition) is 2. The molecule has 0 aromatic carbocycles. The molecule has 1 heterocycles. The van der Waals surface area contributed by atoms with Gasteiger partial charge in [-0.15, -0.1) is 0 Å². The third kappa shape index (κ3) is 1.81. The summed E-state index contributed by atoms with van der Waals surface area (Å²) in [5.74, 6) is 0. The van der Waals surface area contributed by atoms with E-state index in [0.29, 0.717) is 18.7 Å². The van der Waals surface area contributed by atoms with Gasteiger partial charge in [0.05, 0.1) is 0 Å². The van der Waals surface area contributed by atoms with Crippen LogP contribution in [0.1, 0.15) is 37.1 Å². The Morgan fingerprint density at radius 1 is 1.44 bits per heavy atom. The average Bonchev–Trinajstić information content (AvgIpc) is 2.59. The van der Waals surface area contributed by atoms with Crippen LogP contribution in [0.5, 0.6) is 0 Å². The van der Waals surface area contributed by atoms with Crippen LogP contribution in [0.3, 0.4) is 0 Å². The number of nitrogens with zero attached hydrogens (tertiary/aromatic N) is 1. The molecule has 0 amide bonds. The van der Waals surface area contributed by atoms with Crippen molar-refractivity contribution < 1.29 is 13.2 Å². The van der Waals surface area contributed by atoms with Gasteiger partial charge in [-0.25, -0.2) is 0 Å². The minimum Gasteiger partial charge on any atom is -0.330 e. The maximum atomic E-state index is 12.4. The summed E-state index contributed by atoms with van der Waals surface area (Å²) in [4.78, 5) is 0. The Hall–Kier alpha value is -1.04. The Morgan fingerprint density at radius 3 is 2.50 bits per heavy atom. The summed E-state index contributed by atoms with van der Waals surface area (Å²) in [5, 5.41) is 5.84. The maximum absolute atomic E-state index is 12.4. The zero-order valence-electron chi connectivity index (χ0n) is 8.77. The number of hydrogen-bond acceptors (Lipinski definition) is 2. The third-order valence-electron chi connectivity index (χ3n) is 3.37. The molecule has 1 fully saturated rings. The number of nitrogens with one attached hydrogen (secondary N) is 1. The highest BCUT2D eigenvalue weighted by Crippen LogP contribution is 2.46. The molecular formula is C10H14F3N3. The highest BCUT2D eigenvalue weighted by Gasteiger charge is 2.42. The molecule has 0 unspecified atom stereocenters. The molecule has 2 rings (SSSR count). The van der Waals surface area contributed by atoms with E-state index >= 15 is 0 Å². The lowest BCUT2D eigenvalue weighted by Gasteiger charge is -2.40. The summed E-state index contributed by atoms with van der Waals surface area (Å²) < 4.78 is 37.2. The van der Waals surface area contributed by atoms with Gasteiger partial charge in [-0.2, -0.15) is 18.3 Å². The van der Waals surface area contributed by atoms with Crippen LogP contribution < -0.4 is 5.73 Å². The van der Waals surface area contributed by atoms with Crippen molar-refractivity contribution in [1.82, 2.24) is 10.2 Å². The lowest BCUT2D eigenvalue weighted by atomic mass is 9.64. The molecule has 90 valence electrons. The number of alkyl halides is 3. The van der Waals surface area contributed by atoms with Crippen LogP contribution in [0.4, 0.5) is 13.2 Å². The number of aromatic nitrogens is 2. The van der Waals surface area contributed by atoms with Crippen molar-refractivity contribution >= 4 is 0 Å². The van der Waals surface area contributed by atoms with Gasteiger partial charge in [-0.05, 0) is 31.9 Å². The van der Waals surface area contributed by atoms with E-state index in [2.05, 4.69) is 10.2 Å². The minimum absolute atomic E-state index is 0.189. The second-order valence-corrected chi connectivity index (χ2v) is 4.34. The first-order valence-corrected chi connectivity index (χ1v) is 5.31. The first kappa shape index (κ1) is 11.4. The predicted molar refractivity (Wildman–Crippen MR) is 52.8 cm³/mol. The highest BCUT2D eigenvalue weighted by molar-refractivity contribution is 5.23. The molecule has 0 spiro atoms. The van der Waals surface area contributed by atoms with Crippen molar-refractivity contribution in [3.63, 3.8) is 0 Å². The molecular weight excluding hydrogens is 219 g/mol. The zero-order chi connectivity index (χ0) is 11.8. The fourth-order valence-electron chi connectivity index (χ4n) is 2.27. The Balaban J connectivity index is 2.24. The van der Waals surface area contributed by atoms with Crippen molar-refractivity contribution in [3.05, 3.63) is 17.5 Å². The molecule has 3 nitrogen and oxygen atoms in total. The van der Waals surface area contributed by atoms with E-state index in [1.165, 1.54) is 0 Å². The molecule has 0 aliphatic heterocycles. The van der Waals surface area contributed by atoms with Crippen LogP contribution in [0.25, 0.3) is 0 Å². The van der Waals surface area contributed by atoms with E-state index in [9.17, 15) is 13.2 Å². The van der Waals surface area contributed by atoms with Crippen molar-refractivity contribution in [2.45, 2.75) is 37.3 Å². The normalized spacial score (nSPS) is 19.5. The molecule has 0 bridgehead atoms. The number of rotatable bonds is 3. The lowest BCUT2D eigenvalue weighted by Crippen LogP contribution is -2.36. The number of nitrogens with two attached hydrogens (primary N) is 1. The second-order valence-electron chi connectivity index (χ2n) is 4.34. The van der Waals surface area contributed by atoms with Gasteiger partial charge in [0.15, 0.2) is 5.69 Å². The van der Waals surface area contributed by atoms with Gasteiger partial charge >= 0.3 is 6.18 Å². The molecule has 1 aromatic heterocycles.